The maximum atomic E-state index is 5.71. The highest BCUT2D eigenvalue weighted by molar-refractivity contribution is 5.25. The van der Waals surface area contributed by atoms with Crippen LogP contribution in [-0.2, 0) is 14.9 Å². The van der Waals surface area contributed by atoms with Crippen LogP contribution in [0.1, 0.15) is 25.3 Å². The summed E-state index contributed by atoms with van der Waals surface area (Å²) in [6, 6.07) is 10.4. The molecule has 1 heterocycles. The quantitative estimate of drug-likeness (QED) is 0.849. The van der Waals surface area contributed by atoms with Gasteiger partial charge in [0.2, 0.25) is 0 Å². The van der Waals surface area contributed by atoms with Gasteiger partial charge in [0.15, 0.2) is 6.29 Å². The van der Waals surface area contributed by atoms with Crippen LogP contribution in [0.4, 0.5) is 0 Å². The summed E-state index contributed by atoms with van der Waals surface area (Å²) < 4.78 is 11.4. The van der Waals surface area contributed by atoms with Gasteiger partial charge in [-0.05, 0) is 24.9 Å². The van der Waals surface area contributed by atoms with E-state index in [0.29, 0.717) is 19.8 Å². The van der Waals surface area contributed by atoms with Gasteiger partial charge < -0.3 is 15.2 Å². The van der Waals surface area contributed by atoms with Crippen molar-refractivity contribution in [3.05, 3.63) is 35.9 Å². The predicted octanol–water partition coefficient (Wildman–Crippen LogP) is 2.06. The number of ether oxygens (including phenoxy) is 2. The fourth-order valence-electron chi connectivity index (χ4n) is 2.41. The lowest BCUT2D eigenvalue weighted by Gasteiger charge is -2.34. The Balaban J connectivity index is 2.22. The molecule has 1 unspecified atom stereocenters. The van der Waals surface area contributed by atoms with Gasteiger partial charge in [0.05, 0.1) is 13.2 Å². The van der Waals surface area contributed by atoms with Gasteiger partial charge >= 0.3 is 0 Å². The molecule has 3 heteroatoms. The van der Waals surface area contributed by atoms with Crippen molar-refractivity contribution < 1.29 is 9.47 Å². The van der Waals surface area contributed by atoms with Gasteiger partial charge in [-0.15, -0.1) is 0 Å². The van der Waals surface area contributed by atoms with Crippen LogP contribution in [0.15, 0.2) is 30.3 Å². The Hall–Kier alpha value is -0.900. The van der Waals surface area contributed by atoms with E-state index in [-0.39, 0.29) is 11.7 Å². The Morgan fingerprint density at radius 2 is 1.88 bits per heavy atom. The number of benzene rings is 1. The molecule has 0 radical (unpaired) electrons. The predicted molar refractivity (Wildman–Crippen MR) is 67.8 cm³/mol. The van der Waals surface area contributed by atoms with Crippen molar-refractivity contribution in [2.24, 2.45) is 5.73 Å². The third-order valence-electron chi connectivity index (χ3n) is 3.48. The van der Waals surface area contributed by atoms with Crippen molar-refractivity contribution in [1.29, 1.82) is 0 Å². The van der Waals surface area contributed by atoms with Gasteiger partial charge in [0, 0.05) is 5.41 Å². The second kappa shape index (κ2) is 5.63. The van der Waals surface area contributed by atoms with E-state index >= 15 is 0 Å². The summed E-state index contributed by atoms with van der Waals surface area (Å²) in [6.45, 7) is 4.29. The lowest BCUT2D eigenvalue weighted by Crippen LogP contribution is -2.38. The first-order valence-electron chi connectivity index (χ1n) is 6.26. The van der Waals surface area contributed by atoms with E-state index in [2.05, 4.69) is 31.2 Å². The smallest absolute Gasteiger partial charge is 0.167 e. The van der Waals surface area contributed by atoms with E-state index in [9.17, 15) is 0 Å². The minimum atomic E-state index is -0.142. The zero-order valence-electron chi connectivity index (χ0n) is 10.4. The van der Waals surface area contributed by atoms with Crippen molar-refractivity contribution in [2.45, 2.75) is 31.5 Å². The topological polar surface area (TPSA) is 44.5 Å². The molecule has 94 valence electrons. The van der Waals surface area contributed by atoms with Crippen molar-refractivity contribution in [2.75, 3.05) is 19.8 Å². The van der Waals surface area contributed by atoms with Crippen LogP contribution in [0.25, 0.3) is 0 Å². The van der Waals surface area contributed by atoms with Gasteiger partial charge in [-0.25, -0.2) is 0 Å². The number of hydrogen-bond acceptors (Lipinski definition) is 3. The molecule has 0 aromatic heterocycles. The fraction of sp³-hybridized carbons (Fsp3) is 0.571. The SMILES string of the molecule is CC(CCCN)(c1ccccc1)C1OCCO1. The molecule has 1 saturated heterocycles. The average Bonchev–Trinajstić information content (AvgIpc) is 2.91. The zero-order chi connectivity index (χ0) is 12.1. The summed E-state index contributed by atoms with van der Waals surface area (Å²) in [6.07, 6.45) is 1.82. The summed E-state index contributed by atoms with van der Waals surface area (Å²) in [4.78, 5) is 0. The van der Waals surface area contributed by atoms with E-state index in [4.69, 9.17) is 15.2 Å². The van der Waals surface area contributed by atoms with Crippen LogP contribution < -0.4 is 5.73 Å². The van der Waals surface area contributed by atoms with Crippen LogP contribution in [0.2, 0.25) is 0 Å². The van der Waals surface area contributed by atoms with Crippen molar-refractivity contribution >= 4 is 0 Å². The van der Waals surface area contributed by atoms with Crippen LogP contribution >= 0.6 is 0 Å². The molecule has 2 N–H and O–H groups in total. The van der Waals surface area contributed by atoms with Crippen LogP contribution in [0.5, 0.6) is 0 Å². The highest BCUT2D eigenvalue weighted by atomic mass is 16.7. The molecule has 0 aliphatic carbocycles. The van der Waals surface area contributed by atoms with Crippen molar-refractivity contribution in [3.63, 3.8) is 0 Å². The lowest BCUT2D eigenvalue weighted by atomic mass is 9.77. The molecule has 0 bridgehead atoms. The first-order chi connectivity index (χ1) is 8.27. The maximum Gasteiger partial charge on any atom is 0.167 e. The molecule has 1 aromatic rings. The Morgan fingerprint density at radius 3 is 2.47 bits per heavy atom. The first-order valence-corrected chi connectivity index (χ1v) is 6.26. The maximum absolute atomic E-state index is 5.71. The molecule has 1 aliphatic heterocycles. The lowest BCUT2D eigenvalue weighted by molar-refractivity contribution is -0.0968. The molecule has 1 aromatic carbocycles. The molecule has 3 nitrogen and oxygen atoms in total. The molecule has 1 atom stereocenters. The fourth-order valence-corrected chi connectivity index (χ4v) is 2.41. The molecule has 0 spiro atoms. The number of nitrogens with two attached hydrogens (primary N) is 1. The van der Waals surface area contributed by atoms with E-state index in [1.807, 2.05) is 6.07 Å². The second-order valence-electron chi connectivity index (χ2n) is 4.75. The molecular formula is C14H21NO2. The van der Waals surface area contributed by atoms with E-state index in [1.54, 1.807) is 0 Å². The minimum absolute atomic E-state index is 0.100. The minimum Gasteiger partial charge on any atom is -0.349 e. The van der Waals surface area contributed by atoms with E-state index in [1.165, 1.54) is 5.56 Å². The summed E-state index contributed by atoms with van der Waals surface area (Å²) in [5.74, 6) is 0. The van der Waals surface area contributed by atoms with Crippen molar-refractivity contribution in [1.82, 2.24) is 0 Å². The largest absolute Gasteiger partial charge is 0.349 e. The first kappa shape index (κ1) is 12.6. The Morgan fingerprint density at radius 1 is 1.24 bits per heavy atom. The molecular weight excluding hydrogens is 214 g/mol. The number of hydrogen-bond donors (Lipinski definition) is 1. The third kappa shape index (κ3) is 2.68. The second-order valence-corrected chi connectivity index (χ2v) is 4.75. The summed E-state index contributed by atoms with van der Waals surface area (Å²) in [5, 5.41) is 0. The zero-order valence-corrected chi connectivity index (χ0v) is 10.4. The summed E-state index contributed by atoms with van der Waals surface area (Å²) in [7, 11) is 0. The Bertz CT molecular complexity index is 335. The third-order valence-corrected chi connectivity index (χ3v) is 3.48. The van der Waals surface area contributed by atoms with Crippen molar-refractivity contribution in [3.8, 4) is 0 Å². The molecule has 0 saturated carbocycles. The number of rotatable bonds is 5. The van der Waals surface area contributed by atoms with Gasteiger partial charge in [-0.1, -0.05) is 37.3 Å². The molecule has 2 rings (SSSR count). The summed E-state index contributed by atoms with van der Waals surface area (Å²) >= 11 is 0. The van der Waals surface area contributed by atoms with Gasteiger partial charge in [-0.3, -0.25) is 0 Å². The van der Waals surface area contributed by atoms with E-state index < -0.39 is 0 Å². The monoisotopic (exact) mass is 235 g/mol. The Kier molecular flexibility index (Phi) is 4.15. The van der Waals surface area contributed by atoms with Gasteiger partial charge in [-0.2, -0.15) is 0 Å². The molecule has 17 heavy (non-hydrogen) atoms. The normalized spacial score (nSPS) is 20.4. The molecule has 1 aliphatic rings. The standard InChI is InChI=1S/C14H21NO2/c1-14(8-5-9-15,13-16-10-11-17-13)12-6-3-2-4-7-12/h2-4,6-7,13H,5,8-11,15H2,1H3. The molecule has 1 fully saturated rings. The van der Waals surface area contributed by atoms with Crippen LogP contribution in [-0.4, -0.2) is 26.0 Å². The van der Waals surface area contributed by atoms with Gasteiger partial charge in [0.25, 0.3) is 0 Å². The Labute approximate surface area is 103 Å². The highest BCUT2D eigenvalue weighted by Gasteiger charge is 2.39. The van der Waals surface area contributed by atoms with Gasteiger partial charge in [0.1, 0.15) is 0 Å². The molecule has 0 amide bonds. The average molecular weight is 235 g/mol. The van der Waals surface area contributed by atoms with E-state index in [0.717, 1.165) is 12.8 Å². The van der Waals surface area contributed by atoms with Crippen LogP contribution in [0, 0.1) is 0 Å². The van der Waals surface area contributed by atoms with Crippen LogP contribution in [0.3, 0.4) is 0 Å². The summed E-state index contributed by atoms with van der Waals surface area (Å²) in [5.41, 5.74) is 6.79. The highest BCUT2D eigenvalue weighted by Crippen LogP contribution is 2.36.